The monoisotopic (exact) mass is 298 g/mol. The van der Waals surface area contributed by atoms with E-state index in [9.17, 15) is 9.18 Å². The van der Waals surface area contributed by atoms with Gasteiger partial charge in [0.1, 0.15) is 5.82 Å². The minimum atomic E-state index is -0.956. The predicted molar refractivity (Wildman–Crippen MR) is 69.0 cm³/mol. The van der Waals surface area contributed by atoms with Crippen LogP contribution >= 0.6 is 11.6 Å². The fraction of sp³-hybridized carbons (Fsp3) is 0.333. The summed E-state index contributed by atoms with van der Waals surface area (Å²) in [4.78, 5) is 10.7. The molecule has 0 fully saturated rings. The summed E-state index contributed by atoms with van der Waals surface area (Å²) in [7, 11) is 0. The number of nitrogens with zero attached hydrogens (tertiary/aromatic N) is 4. The van der Waals surface area contributed by atoms with Crippen molar-refractivity contribution in [3.05, 3.63) is 40.4 Å². The average Bonchev–Trinajstić information content (AvgIpc) is 2.81. The predicted octanol–water partition coefficient (Wildman–Crippen LogP) is 2.09. The van der Waals surface area contributed by atoms with Crippen LogP contribution in [0.5, 0.6) is 0 Å². The Labute approximate surface area is 119 Å². The first-order valence-electron chi connectivity index (χ1n) is 5.90. The molecule has 0 aliphatic rings. The maximum absolute atomic E-state index is 13.7. The molecule has 1 unspecified atom stereocenters. The van der Waals surface area contributed by atoms with Crippen LogP contribution in [0.3, 0.4) is 0 Å². The van der Waals surface area contributed by atoms with Gasteiger partial charge in [-0.3, -0.25) is 4.79 Å². The van der Waals surface area contributed by atoms with Crippen molar-refractivity contribution in [2.75, 3.05) is 0 Å². The number of carboxylic acids is 1. The Bertz CT molecular complexity index is 611. The number of tetrazole rings is 1. The Morgan fingerprint density at radius 3 is 2.95 bits per heavy atom. The fourth-order valence-electron chi connectivity index (χ4n) is 1.87. The van der Waals surface area contributed by atoms with Gasteiger partial charge >= 0.3 is 5.97 Å². The van der Waals surface area contributed by atoms with Crippen molar-refractivity contribution < 1.29 is 14.3 Å². The summed E-state index contributed by atoms with van der Waals surface area (Å²) >= 11 is 5.95. The minimum Gasteiger partial charge on any atom is -0.481 e. The molecule has 8 heteroatoms. The van der Waals surface area contributed by atoms with E-state index in [1.807, 2.05) is 0 Å². The van der Waals surface area contributed by atoms with Crippen LogP contribution < -0.4 is 0 Å². The van der Waals surface area contributed by atoms with Crippen molar-refractivity contribution in [3.8, 4) is 0 Å². The lowest BCUT2D eigenvalue weighted by Crippen LogP contribution is -2.15. The third-order valence-electron chi connectivity index (χ3n) is 2.85. The number of rotatable bonds is 5. The molecular formula is C12H12ClFN4O2. The maximum atomic E-state index is 13.7. The molecule has 2 aromatic rings. The molecular weight excluding hydrogens is 287 g/mol. The van der Waals surface area contributed by atoms with Gasteiger partial charge in [0.15, 0.2) is 5.82 Å². The number of aromatic nitrogens is 4. The van der Waals surface area contributed by atoms with Gasteiger partial charge in [-0.15, -0.1) is 5.10 Å². The Morgan fingerprint density at radius 1 is 1.55 bits per heavy atom. The molecule has 1 N–H and O–H groups in total. The Balaban J connectivity index is 2.27. The maximum Gasteiger partial charge on any atom is 0.305 e. The molecule has 6 nitrogen and oxygen atoms in total. The van der Waals surface area contributed by atoms with E-state index in [1.54, 1.807) is 13.0 Å². The van der Waals surface area contributed by atoms with Gasteiger partial charge in [-0.25, -0.2) is 9.07 Å². The molecule has 0 aliphatic carbocycles. The van der Waals surface area contributed by atoms with Crippen LogP contribution in [0.1, 0.15) is 30.8 Å². The van der Waals surface area contributed by atoms with E-state index < -0.39 is 17.8 Å². The van der Waals surface area contributed by atoms with Crippen LogP contribution in [0.25, 0.3) is 0 Å². The normalized spacial score (nSPS) is 12.3. The first-order valence-corrected chi connectivity index (χ1v) is 6.28. The lowest BCUT2D eigenvalue weighted by atomic mass is 10.1. The summed E-state index contributed by atoms with van der Waals surface area (Å²) in [5, 5.41) is 20.1. The number of hydrogen-bond donors (Lipinski definition) is 1. The van der Waals surface area contributed by atoms with Gasteiger partial charge in [-0.1, -0.05) is 17.7 Å². The van der Waals surface area contributed by atoms with Gasteiger partial charge in [-0.05, 0) is 29.5 Å². The highest BCUT2D eigenvalue weighted by Gasteiger charge is 2.18. The second kappa shape index (κ2) is 5.96. The van der Waals surface area contributed by atoms with Crippen molar-refractivity contribution in [2.24, 2.45) is 0 Å². The molecule has 0 radical (unpaired) electrons. The van der Waals surface area contributed by atoms with E-state index in [-0.39, 0.29) is 23.4 Å². The Hall–Kier alpha value is -2.02. The Kier molecular flexibility index (Phi) is 4.29. The van der Waals surface area contributed by atoms with Crippen molar-refractivity contribution >= 4 is 17.6 Å². The summed E-state index contributed by atoms with van der Waals surface area (Å²) in [6.07, 6.45) is -0.0223. The van der Waals surface area contributed by atoms with Crippen LogP contribution in [-0.2, 0) is 11.2 Å². The molecule has 0 saturated carbocycles. The van der Waals surface area contributed by atoms with E-state index in [1.165, 1.54) is 16.8 Å². The number of aliphatic carboxylic acids is 1. The number of carbonyl (C=O) groups is 1. The standard InChI is InChI=1S/C12H12ClFN4O2/c1-7(5-12(19)20)18-11(15-16-17-18)6-8-9(13)3-2-4-10(8)14/h2-4,7H,5-6H2,1H3,(H,19,20). The molecule has 2 rings (SSSR count). The van der Waals surface area contributed by atoms with Crippen LogP contribution in [0.15, 0.2) is 18.2 Å². The molecule has 20 heavy (non-hydrogen) atoms. The first-order chi connectivity index (χ1) is 9.49. The number of benzene rings is 1. The fourth-order valence-corrected chi connectivity index (χ4v) is 2.10. The second-order valence-corrected chi connectivity index (χ2v) is 4.77. The summed E-state index contributed by atoms with van der Waals surface area (Å²) < 4.78 is 15.1. The Morgan fingerprint density at radius 2 is 2.30 bits per heavy atom. The van der Waals surface area contributed by atoms with Crippen LogP contribution in [-0.4, -0.2) is 31.3 Å². The molecule has 1 aromatic heterocycles. The zero-order valence-corrected chi connectivity index (χ0v) is 11.4. The summed E-state index contributed by atoms with van der Waals surface area (Å²) in [5.74, 6) is -1.04. The highest BCUT2D eigenvalue weighted by atomic mass is 35.5. The van der Waals surface area contributed by atoms with Gasteiger partial charge in [0.25, 0.3) is 0 Å². The minimum absolute atomic E-state index is 0.0997. The highest BCUT2D eigenvalue weighted by molar-refractivity contribution is 6.31. The average molecular weight is 299 g/mol. The van der Waals surface area contributed by atoms with Crippen LogP contribution in [0.2, 0.25) is 5.02 Å². The van der Waals surface area contributed by atoms with Gasteiger partial charge in [0.05, 0.1) is 12.5 Å². The SMILES string of the molecule is CC(CC(=O)O)n1nnnc1Cc1c(F)cccc1Cl. The highest BCUT2D eigenvalue weighted by Crippen LogP contribution is 2.22. The molecule has 1 aromatic carbocycles. The molecule has 0 amide bonds. The molecule has 1 atom stereocenters. The molecule has 0 aliphatic heterocycles. The van der Waals surface area contributed by atoms with Gasteiger partial charge in [0.2, 0.25) is 0 Å². The molecule has 0 saturated heterocycles. The van der Waals surface area contributed by atoms with Crippen molar-refractivity contribution in [2.45, 2.75) is 25.8 Å². The van der Waals surface area contributed by atoms with E-state index in [0.717, 1.165) is 0 Å². The third kappa shape index (κ3) is 3.11. The quantitative estimate of drug-likeness (QED) is 0.914. The molecule has 1 heterocycles. The molecule has 0 bridgehead atoms. The second-order valence-electron chi connectivity index (χ2n) is 4.36. The van der Waals surface area contributed by atoms with Gasteiger partial charge in [-0.2, -0.15) is 0 Å². The van der Waals surface area contributed by atoms with Crippen LogP contribution in [0, 0.1) is 5.82 Å². The summed E-state index contributed by atoms with van der Waals surface area (Å²) in [6.45, 7) is 1.68. The zero-order chi connectivity index (χ0) is 14.7. The number of hydrogen-bond acceptors (Lipinski definition) is 4. The van der Waals surface area contributed by atoms with Gasteiger partial charge in [0, 0.05) is 17.0 Å². The van der Waals surface area contributed by atoms with Gasteiger partial charge < -0.3 is 5.11 Å². The smallest absolute Gasteiger partial charge is 0.305 e. The zero-order valence-electron chi connectivity index (χ0n) is 10.6. The molecule has 0 spiro atoms. The summed E-state index contributed by atoms with van der Waals surface area (Å²) in [5.41, 5.74) is 0.285. The number of halogens is 2. The van der Waals surface area contributed by atoms with E-state index in [4.69, 9.17) is 16.7 Å². The molecule has 106 valence electrons. The third-order valence-corrected chi connectivity index (χ3v) is 3.20. The van der Waals surface area contributed by atoms with E-state index in [2.05, 4.69) is 15.5 Å². The van der Waals surface area contributed by atoms with Crippen LogP contribution in [0.4, 0.5) is 4.39 Å². The van der Waals surface area contributed by atoms with Crippen molar-refractivity contribution in [1.82, 2.24) is 20.2 Å². The van der Waals surface area contributed by atoms with E-state index in [0.29, 0.717) is 5.82 Å². The van der Waals surface area contributed by atoms with Crippen molar-refractivity contribution in [3.63, 3.8) is 0 Å². The first kappa shape index (κ1) is 14.4. The largest absolute Gasteiger partial charge is 0.481 e. The van der Waals surface area contributed by atoms with Crippen molar-refractivity contribution in [1.29, 1.82) is 0 Å². The lowest BCUT2D eigenvalue weighted by molar-refractivity contribution is -0.137. The summed E-state index contributed by atoms with van der Waals surface area (Å²) in [6, 6.07) is 3.96. The van der Waals surface area contributed by atoms with E-state index >= 15 is 0 Å². The lowest BCUT2D eigenvalue weighted by Gasteiger charge is -2.11. The topological polar surface area (TPSA) is 80.9 Å². The number of carboxylic acid groups (broad SMARTS) is 1.